The zero-order chi connectivity index (χ0) is 53.3. The van der Waals surface area contributed by atoms with E-state index in [1.807, 2.05) is 0 Å². The zero-order valence-corrected chi connectivity index (χ0v) is 49.1. The maximum Gasteiger partial charge on any atom is 0.116 e. The highest BCUT2D eigenvalue weighted by molar-refractivity contribution is 4.77. The number of rotatable bonds is 44. The molecule has 0 amide bonds. The molecule has 0 fully saturated rings. The number of hydrogen-bond acceptors (Lipinski definition) is 10. The van der Waals surface area contributed by atoms with Gasteiger partial charge in [-0.05, 0) is 38.5 Å². The lowest BCUT2D eigenvalue weighted by molar-refractivity contribution is -0.893. The minimum absolute atomic E-state index is 0.404. The fraction of sp³-hybridized carbons (Fsp3) is 1.00. The minimum atomic E-state index is -0.602. The van der Waals surface area contributed by atoms with Crippen molar-refractivity contribution in [2.75, 3.05) is 235 Å². The summed E-state index contributed by atoms with van der Waals surface area (Å²) in [5, 5.41) is 70.2. The van der Waals surface area contributed by atoms with Gasteiger partial charge in [0.05, 0.1) is 131 Å². The quantitative estimate of drug-likeness (QED) is 0.0392. The van der Waals surface area contributed by atoms with E-state index in [4.69, 9.17) is 0 Å². The number of likely N-dealkylation sites (N-methyl/N-ethyl adjacent to an activating group) is 6. The molecule has 0 aliphatic heterocycles. The molecule has 0 rings (SSSR count). The topological polar surface area (TPSA) is 134 Å². The summed E-state index contributed by atoms with van der Waals surface area (Å²) in [5.41, 5.74) is 0. The molecule has 16 nitrogen and oxygen atoms in total. The normalized spacial score (nSPS) is 16.5. The number of aliphatic hydroxyl groups excluding tert-OH is 6. The molecule has 6 atom stereocenters. The van der Waals surface area contributed by atoms with Gasteiger partial charge in [0.1, 0.15) is 75.9 Å². The van der Waals surface area contributed by atoms with E-state index in [1.54, 1.807) is 0 Å². The molecule has 6 unspecified atom stereocenters. The standard InChI is InChI=1S/C53H124N10O6/c1-19-29-58(7,8)41-48(64)35-54(25-27-55(36-49(65)42-59(9,10)30-20-2)37-50(66)43-60(11,12)31-21-3)26-28-56(38-51(67)44-61(13,14)32-22-4)47-57(39-52(68)45-62(15,16)33-23-5)40-53(69)46-63(17,18)34-24-6/h48-53,64-69H,19-47H2,1-18H3/q+6. The molecule has 69 heavy (non-hydrogen) atoms. The SMILES string of the molecule is CCC[N+](C)(C)CC(O)CN(CCN(CC(O)C[N+](C)(C)CCC)CC(O)C[N+](C)(C)CCC)CCN(CC(O)C[N+](C)(C)CCC)CN(CC(O)C[N+](C)(C)CCC)CC(O)C[N+](C)(C)CCC. The van der Waals surface area contributed by atoms with Gasteiger partial charge < -0.3 is 57.5 Å². The Bertz CT molecular complexity index is 1240. The largest absolute Gasteiger partial charge is 0.386 e. The zero-order valence-electron chi connectivity index (χ0n) is 49.1. The van der Waals surface area contributed by atoms with Crippen molar-refractivity contribution >= 4 is 0 Å². The fourth-order valence-electron chi connectivity index (χ4n) is 11.5. The van der Waals surface area contributed by atoms with Gasteiger partial charge in [0.25, 0.3) is 0 Å². The van der Waals surface area contributed by atoms with E-state index in [-0.39, 0.29) is 0 Å². The highest BCUT2D eigenvalue weighted by atomic mass is 16.3. The third-order valence-corrected chi connectivity index (χ3v) is 13.9. The van der Waals surface area contributed by atoms with Gasteiger partial charge >= 0.3 is 0 Å². The molecule has 0 saturated heterocycles. The molecule has 16 heteroatoms. The van der Waals surface area contributed by atoms with Crippen molar-refractivity contribution in [1.82, 2.24) is 19.6 Å². The molecule has 0 radical (unpaired) electrons. The Kier molecular flexibility index (Phi) is 33.0. The molecule has 0 spiro atoms. The van der Waals surface area contributed by atoms with Crippen molar-refractivity contribution in [2.24, 2.45) is 0 Å². The van der Waals surface area contributed by atoms with Crippen LogP contribution in [0.4, 0.5) is 0 Å². The molecule has 0 aliphatic carbocycles. The van der Waals surface area contributed by atoms with Crippen molar-refractivity contribution in [3.63, 3.8) is 0 Å². The first-order valence-electron chi connectivity index (χ1n) is 27.6. The predicted octanol–water partition coefficient (Wildman–Crippen LogP) is 1.24. The Morgan fingerprint density at radius 1 is 0.261 bits per heavy atom. The Morgan fingerprint density at radius 2 is 0.435 bits per heavy atom. The third-order valence-electron chi connectivity index (χ3n) is 13.9. The first kappa shape index (κ1) is 68.4. The lowest BCUT2D eigenvalue weighted by atomic mass is 10.2. The highest BCUT2D eigenvalue weighted by Gasteiger charge is 2.31. The average molecular weight is 998 g/mol. The van der Waals surface area contributed by atoms with Gasteiger partial charge in [-0.25, -0.2) is 0 Å². The van der Waals surface area contributed by atoms with Gasteiger partial charge in [-0.15, -0.1) is 0 Å². The van der Waals surface area contributed by atoms with Crippen LogP contribution in [0.5, 0.6) is 0 Å². The summed E-state index contributed by atoms with van der Waals surface area (Å²) >= 11 is 0. The van der Waals surface area contributed by atoms with Gasteiger partial charge in [0.2, 0.25) is 0 Å². The van der Waals surface area contributed by atoms with Crippen molar-refractivity contribution in [2.45, 2.75) is 117 Å². The maximum absolute atomic E-state index is 11.9. The van der Waals surface area contributed by atoms with Crippen LogP contribution in [0.3, 0.4) is 0 Å². The Labute approximate surface area is 427 Å². The predicted molar refractivity (Wildman–Crippen MR) is 290 cm³/mol. The maximum atomic E-state index is 11.9. The number of hydrogen-bond donors (Lipinski definition) is 6. The summed E-state index contributed by atoms with van der Waals surface area (Å²) in [6.45, 7) is 28.1. The monoisotopic (exact) mass is 997 g/mol. The molecule has 0 saturated carbocycles. The Morgan fingerprint density at radius 3 is 0.667 bits per heavy atom. The first-order chi connectivity index (χ1) is 31.7. The van der Waals surface area contributed by atoms with Crippen LogP contribution >= 0.6 is 0 Å². The van der Waals surface area contributed by atoms with E-state index in [0.29, 0.717) is 125 Å². The smallest absolute Gasteiger partial charge is 0.116 e. The summed E-state index contributed by atoms with van der Waals surface area (Å²) in [4.78, 5) is 9.09. The van der Waals surface area contributed by atoms with Crippen LogP contribution in [-0.4, -0.2) is 349 Å². The molecule has 0 aromatic heterocycles. The summed E-state index contributed by atoms with van der Waals surface area (Å²) in [5.74, 6) is 0. The van der Waals surface area contributed by atoms with Crippen LogP contribution in [0.15, 0.2) is 0 Å². The van der Waals surface area contributed by atoms with E-state index in [0.717, 1.165) is 91.2 Å². The van der Waals surface area contributed by atoms with Crippen molar-refractivity contribution in [3.8, 4) is 0 Å². The van der Waals surface area contributed by atoms with Crippen LogP contribution in [0.1, 0.15) is 80.1 Å². The molecule has 0 aliphatic rings. The number of quaternary nitrogens is 6. The van der Waals surface area contributed by atoms with E-state index >= 15 is 0 Å². The second kappa shape index (κ2) is 33.3. The fourth-order valence-corrected chi connectivity index (χ4v) is 11.5. The summed E-state index contributed by atoms with van der Waals surface area (Å²) in [6, 6.07) is 0. The molecule has 0 heterocycles. The summed E-state index contributed by atoms with van der Waals surface area (Å²) in [6.07, 6.45) is 2.66. The van der Waals surface area contributed by atoms with Gasteiger partial charge in [0.15, 0.2) is 0 Å². The van der Waals surface area contributed by atoms with E-state index < -0.39 is 36.6 Å². The summed E-state index contributed by atoms with van der Waals surface area (Å²) in [7, 11) is 26.1. The lowest BCUT2D eigenvalue weighted by Gasteiger charge is -2.39. The first-order valence-corrected chi connectivity index (χ1v) is 27.6. The van der Waals surface area contributed by atoms with Crippen molar-refractivity contribution in [3.05, 3.63) is 0 Å². The van der Waals surface area contributed by atoms with Crippen molar-refractivity contribution < 1.29 is 57.5 Å². The summed E-state index contributed by atoms with van der Waals surface area (Å²) < 4.78 is 4.31. The van der Waals surface area contributed by atoms with E-state index in [1.165, 1.54) is 0 Å². The third kappa shape index (κ3) is 34.5. The van der Waals surface area contributed by atoms with Crippen LogP contribution in [-0.2, 0) is 0 Å². The molecular weight excluding hydrogens is 873 g/mol. The van der Waals surface area contributed by atoms with Gasteiger partial charge in [0, 0.05) is 65.4 Å². The molecule has 416 valence electrons. The molecule has 0 bridgehead atoms. The molecule has 6 N–H and O–H groups in total. The Balaban J connectivity index is 7.15. The number of nitrogens with zero attached hydrogens (tertiary/aromatic N) is 10. The van der Waals surface area contributed by atoms with Crippen LogP contribution in [0.25, 0.3) is 0 Å². The van der Waals surface area contributed by atoms with Gasteiger partial charge in [-0.1, -0.05) is 41.5 Å². The average Bonchev–Trinajstić information content (AvgIpc) is 3.13. The second-order valence-electron chi connectivity index (χ2n) is 25.8. The molecular formula is C53H124N10O6+6. The van der Waals surface area contributed by atoms with Gasteiger partial charge in [-0.2, -0.15) is 0 Å². The second-order valence-corrected chi connectivity index (χ2v) is 25.8. The van der Waals surface area contributed by atoms with E-state index in [9.17, 15) is 30.6 Å². The highest BCUT2D eigenvalue weighted by Crippen LogP contribution is 2.13. The molecule has 0 aromatic carbocycles. The van der Waals surface area contributed by atoms with Gasteiger partial charge in [-0.3, -0.25) is 19.6 Å². The van der Waals surface area contributed by atoms with Crippen molar-refractivity contribution in [1.29, 1.82) is 0 Å². The van der Waals surface area contributed by atoms with Crippen LogP contribution in [0.2, 0.25) is 0 Å². The minimum Gasteiger partial charge on any atom is -0.386 e. The van der Waals surface area contributed by atoms with E-state index in [2.05, 4.69) is 146 Å². The molecule has 0 aromatic rings. The van der Waals surface area contributed by atoms with Crippen LogP contribution in [0, 0.1) is 0 Å². The Hall–Kier alpha value is -0.640. The lowest BCUT2D eigenvalue weighted by Crippen LogP contribution is -2.56. The number of aliphatic hydroxyl groups is 6. The van der Waals surface area contributed by atoms with Crippen LogP contribution < -0.4 is 0 Å².